The van der Waals surface area contributed by atoms with Crippen LogP contribution in [0.2, 0.25) is 0 Å². The van der Waals surface area contributed by atoms with Gasteiger partial charge >= 0.3 is 0 Å². The van der Waals surface area contributed by atoms with E-state index in [1.165, 1.54) is 37.6 Å². The number of hydrogen-bond donors (Lipinski definition) is 3. The number of nitrogens with one attached hydrogen (secondary N) is 2. The first kappa shape index (κ1) is 22.2. The molecule has 160 valence electrons. The molecule has 4 N–H and O–H groups in total. The van der Waals surface area contributed by atoms with Gasteiger partial charge < -0.3 is 11.1 Å². The molecule has 0 saturated heterocycles. The molecule has 0 radical (unpaired) electrons. The van der Waals surface area contributed by atoms with Crippen LogP contribution in [0, 0.1) is 23.7 Å². The van der Waals surface area contributed by atoms with E-state index in [9.17, 15) is 9.59 Å². The molecular formula is C23H35N3O2S. The van der Waals surface area contributed by atoms with Crippen LogP contribution in [0.1, 0.15) is 70.2 Å². The van der Waals surface area contributed by atoms with Gasteiger partial charge in [0.25, 0.3) is 0 Å². The molecule has 2 aliphatic carbocycles. The minimum Gasteiger partial charge on any atom is -0.366 e. The van der Waals surface area contributed by atoms with E-state index in [1.807, 2.05) is 26.0 Å². The van der Waals surface area contributed by atoms with Gasteiger partial charge in [0.1, 0.15) is 5.54 Å². The van der Waals surface area contributed by atoms with Gasteiger partial charge in [-0.15, -0.1) is 0 Å². The van der Waals surface area contributed by atoms with Crippen molar-refractivity contribution in [1.29, 1.82) is 0 Å². The van der Waals surface area contributed by atoms with Crippen LogP contribution in [-0.2, 0) is 4.79 Å². The van der Waals surface area contributed by atoms with Crippen molar-refractivity contribution in [2.24, 2.45) is 29.4 Å². The molecule has 5 unspecified atom stereocenters. The molecule has 2 fully saturated rings. The van der Waals surface area contributed by atoms with Crippen molar-refractivity contribution in [1.82, 2.24) is 10.0 Å². The van der Waals surface area contributed by atoms with Crippen molar-refractivity contribution < 1.29 is 9.59 Å². The minimum absolute atomic E-state index is 0.0154. The molecule has 3 rings (SSSR count). The molecule has 29 heavy (non-hydrogen) atoms. The van der Waals surface area contributed by atoms with E-state index in [-0.39, 0.29) is 11.9 Å². The van der Waals surface area contributed by atoms with Crippen molar-refractivity contribution >= 4 is 23.8 Å². The lowest BCUT2D eigenvalue weighted by molar-refractivity contribution is -0.128. The third-order valence-electron chi connectivity index (χ3n) is 6.69. The summed E-state index contributed by atoms with van der Waals surface area (Å²) in [7, 11) is 0. The van der Waals surface area contributed by atoms with Crippen molar-refractivity contribution in [2.45, 2.75) is 76.3 Å². The Labute approximate surface area is 179 Å². The van der Waals surface area contributed by atoms with Crippen LogP contribution in [0.4, 0.5) is 0 Å². The second-order valence-electron chi connectivity index (χ2n) is 9.53. The molecule has 2 aliphatic rings. The molecule has 1 aromatic carbocycles. The van der Waals surface area contributed by atoms with Gasteiger partial charge in [0.2, 0.25) is 11.8 Å². The van der Waals surface area contributed by atoms with Crippen LogP contribution in [0.15, 0.2) is 29.2 Å². The van der Waals surface area contributed by atoms with Gasteiger partial charge in [-0.25, -0.2) is 4.72 Å². The standard InChI is InChI=1S/C23H35N3O2S/c1-5-16-12-15-10-14(2)11-17(13-15)20(16)25-22(28)23(3,4)26-29-19-9-7-6-8-18(19)21(24)27/h6-9,14-17,20,26H,5,10-13H2,1-4H3,(H2,24,27)(H,25,28). The molecule has 2 amide bonds. The highest BCUT2D eigenvalue weighted by atomic mass is 32.2. The Bertz CT molecular complexity index is 749. The predicted octanol–water partition coefficient (Wildman–Crippen LogP) is 4.13. The molecule has 0 heterocycles. The average molecular weight is 418 g/mol. The SMILES string of the molecule is CCC1CC2CC(C)CC(C2)C1NC(=O)C(C)(C)NSc1ccccc1C(N)=O. The second-order valence-corrected chi connectivity index (χ2v) is 10.4. The maximum atomic E-state index is 13.2. The zero-order chi connectivity index (χ0) is 21.2. The number of fused-ring (bicyclic) bond motifs is 2. The molecule has 6 heteroatoms. The van der Waals surface area contributed by atoms with Crippen molar-refractivity contribution in [3.8, 4) is 0 Å². The Hall–Kier alpha value is -1.53. The van der Waals surface area contributed by atoms with Gasteiger partial charge in [-0.05, 0) is 87.3 Å². The molecular weight excluding hydrogens is 382 g/mol. The number of rotatable bonds is 7. The van der Waals surface area contributed by atoms with E-state index in [4.69, 9.17) is 5.73 Å². The Morgan fingerprint density at radius 1 is 1.17 bits per heavy atom. The van der Waals surface area contributed by atoms with Gasteiger partial charge in [-0.3, -0.25) is 9.59 Å². The molecule has 2 saturated carbocycles. The van der Waals surface area contributed by atoms with Crippen LogP contribution < -0.4 is 15.8 Å². The topological polar surface area (TPSA) is 84.2 Å². The smallest absolute Gasteiger partial charge is 0.249 e. The van der Waals surface area contributed by atoms with E-state index in [2.05, 4.69) is 23.9 Å². The molecule has 0 aliphatic heterocycles. The first-order valence-electron chi connectivity index (χ1n) is 10.8. The molecule has 5 atom stereocenters. The third-order valence-corrected chi connectivity index (χ3v) is 7.88. The number of primary amides is 1. The monoisotopic (exact) mass is 417 g/mol. The highest BCUT2D eigenvalue weighted by molar-refractivity contribution is 7.97. The molecule has 1 aromatic rings. The maximum absolute atomic E-state index is 13.2. The van der Waals surface area contributed by atoms with E-state index in [0.29, 0.717) is 17.4 Å². The zero-order valence-electron chi connectivity index (χ0n) is 18.0. The first-order chi connectivity index (χ1) is 13.7. The number of hydrogen-bond acceptors (Lipinski definition) is 4. The van der Waals surface area contributed by atoms with Gasteiger partial charge in [0.05, 0.1) is 5.56 Å². The fourth-order valence-electron chi connectivity index (χ4n) is 5.22. The van der Waals surface area contributed by atoms with Gasteiger partial charge in [-0.1, -0.05) is 32.4 Å². The Kier molecular flexibility index (Phi) is 6.94. The number of benzene rings is 1. The van der Waals surface area contributed by atoms with Gasteiger partial charge in [0.15, 0.2) is 0 Å². The summed E-state index contributed by atoms with van der Waals surface area (Å²) in [6, 6.07) is 7.44. The van der Waals surface area contributed by atoms with Gasteiger partial charge in [-0.2, -0.15) is 0 Å². The van der Waals surface area contributed by atoms with Crippen LogP contribution in [0.3, 0.4) is 0 Å². The van der Waals surface area contributed by atoms with E-state index >= 15 is 0 Å². The maximum Gasteiger partial charge on any atom is 0.249 e. The Morgan fingerprint density at radius 3 is 2.59 bits per heavy atom. The van der Waals surface area contributed by atoms with Crippen LogP contribution in [0.25, 0.3) is 0 Å². The van der Waals surface area contributed by atoms with E-state index < -0.39 is 11.4 Å². The Balaban J connectivity index is 1.66. The summed E-state index contributed by atoms with van der Waals surface area (Å²) >= 11 is 1.29. The lowest BCUT2D eigenvalue weighted by Crippen LogP contribution is -2.58. The molecule has 2 bridgehead atoms. The zero-order valence-corrected chi connectivity index (χ0v) is 18.9. The van der Waals surface area contributed by atoms with Crippen molar-refractivity contribution in [3.05, 3.63) is 29.8 Å². The minimum atomic E-state index is -0.773. The fourth-order valence-corrected chi connectivity index (χ4v) is 6.11. The third kappa shape index (κ3) is 5.15. The first-order valence-corrected chi connectivity index (χ1v) is 11.7. The van der Waals surface area contributed by atoms with Crippen molar-refractivity contribution in [2.75, 3.05) is 0 Å². The lowest BCUT2D eigenvalue weighted by atomic mass is 9.62. The lowest BCUT2D eigenvalue weighted by Gasteiger charge is -2.48. The van der Waals surface area contributed by atoms with E-state index in [0.717, 1.165) is 23.2 Å². The molecule has 0 aromatic heterocycles. The highest BCUT2D eigenvalue weighted by Gasteiger charge is 2.43. The van der Waals surface area contributed by atoms with Gasteiger partial charge in [0, 0.05) is 10.9 Å². The highest BCUT2D eigenvalue weighted by Crippen LogP contribution is 2.46. The predicted molar refractivity (Wildman–Crippen MR) is 118 cm³/mol. The molecule has 0 spiro atoms. The second kappa shape index (κ2) is 9.09. The number of carbonyl (C=O) groups is 2. The Morgan fingerprint density at radius 2 is 1.90 bits per heavy atom. The fraction of sp³-hybridized carbons (Fsp3) is 0.652. The summed E-state index contributed by atoms with van der Waals surface area (Å²) in [6.07, 6.45) is 6.15. The van der Waals surface area contributed by atoms with Crippen LogP contribution in [-0.4, -0.2) is 23.4 Å². The molecule has 5 nitrogen and oxygen atoms in total. The summed E-state index contributed by atoms with van der Waals surface area (Å²) in [4.78, 5) is 25.6. The van der Waals surface area contributed by atoms with Crippen LogP contribution >= 0.6 is 11.9 Å². The van der Waals surface area contributed by atoms with Crippen molar-refractivity contribution in [3.63, 3.8) is 0 Å². The summed E-state index contributed by atoms with van der Waals surface area (Å²) in [5, 5.41) is 3.40. The number of carbonyl (C=O) groups excluding carboxylic acids is 2. The quantitative estimate of drug-likeness (QED) is 0.583. The largest absolute Gasteiger partial charge is 0.366 e. The summed E-state index contributed by atoms with van der Waals surface area (Å²) < 4.78 is 3.25. The summed E-state index contributed by atoms with van der Waals surface area (Å²) in [5.74, 6) is 2.28. The summed E-state index contributed by atoms with van der Waals surface area (Å²) in [6.45, 7) is 8.37. The van der Waals surface area contributed by atoms with E-state index in [1.54, 1.807) is 12.1 Å². The summed E-state index contributed by atoms with van der Waals surface area (Å²) in [5.41, 5.74) is 5.15. The number of amides is 2. The number of nitrogens with two attached hydrogens (primary N) is 1. The average Bonchev–Trinajstić information content (AvgIpc) is 2.68. The normalized spacial score (nSPS) is 29.3. The van der Waals surface area contributed by atoms with Crippen LogP contribution in [0.5, 0.6) is 0 Å².